The van der Waals surface area contributed by atoms with Crippen LogP contribution in [-0.4, -0.2) is 61.7 Å². The number of hydrogen-bond acceptors (Lipinski definition) is 6. The summed E-state index contributed by atoms with van der Waals surface area (Å²) in [5, 5.41) is 8.94. The fourth-order valence-corrected chi connectivity index (χ4v) is 6.77. The third-order valence-corrected chi connectivity index (χ3v) is 8.70. The zero-order chi connectivity index (χ0) is 22.2. The first-order chi connectivity index (χ1) is 14.8. The molecule has 2 aromatic rings. The highest BCUT2D eigenvalue weighted by Gasteiger charge is 2.31. The Morgan fingerprint density at radius 2 is 1.48 bits per heavy atom. The van der Waals surface area contributed by atoms with Crippen molar-refractivity contribution in [1.82, 2.24) is 14.5 Å². The number of piperidine rings is 1. The van der Waals surface area contributed by atoms with Gasteiger partial charge < -0.3 is 9.80 Å². The number of anilines is 2. The molecule has 0 saturated carbocycles. The summed E-state index contributed by atoms with van der Waals surface area (Å²) in [4.78, 5) is 4.90. The van der Waals surface area contributed by atoms with E-state index in [1.54, 1.807) is 4.31 Å². The Hall–Kier alpha value is -2.19. The second kappa shape index (κ2) is 8.74. The molecule has 4 rings (SSSR count). The van der Waals surface area contributed by atoms with E-state index in [0.717, 1.165) is 34.9 Å². The number of piperazine rings is 1. The van der Waals surface area contributed by atoms with Gasteiger partial charge in [-0.1, -0.05) is 17.7 Å². The molecule has 1 atom stereocenters. The van der Waals surface area contributed by atoms with Crippen LogP contribution in [0, 0.1) is 20.8 Å². The van der Waals surface area contributed by atoms with E-state index in [2.05, 4.69) is 26.9 Å². The van der Waals surface area contributed by atoms with Gasteiger partial charge in [0.15, 0.2) is 11.6 Å². The molecular weight excluding hydrogens is 410 g/mol. The third kappa shape index (κ3) is 4.41. The Labute approximate surface area is 186 Å². The minimum Gasteiger partial charge on any atom is -0.352 e. The molecule has 0 bridgehead atoms. The fourth-order valence-electron chi connectivity index (χ4n) is 4.94. The second-order valence-electron chi connectivity index (χ2n) is 8.91. The van der Waals surface area contributed by atoms with Crippen LogP contribution in [0.2, 0.25) is 0 Å². The lowest BCUT2D eigenvalue weighted by Crippen LogP contribution is -2.49. The van der Waals surface area contributed by atoms with E-state index in [1.807, 2.05) is 45.0 Å². The average molecular weight is 444 g/mol. The normalized spacial score (nSPS) is 20.8. The van der Waals surface area contributed by atoms with E-state index < -0.39 is 10.0 Å². The minimum atomic E-state index is -3.51. The van der Waals surface area contributed by atoms with Gasteiger partial charge in [0.1, 0.15) is 0 Å². The van der Waals surface area contributed by atoms with E-state index in [0.29, 0.717) is 37.1 Å². The SMILES string of the molecule is Cc1cc(C)c(S(=O)(=O)N2CCN(c3ccc(N4CCCCC4C)nn3)CC2)c(C)c1. The molecule has 0 amide bonds. The van der Waals surface area contributed by atoms with Crippen LogP contribution in [0.25, 0.3) is 0 Å². The molecule has 2 fully saturated rings. The Balaban J connectivity index is 1.44. The molecule has 2 saturated heterocycles. The van der Waals surface area contributed by atoms with Crippen molar-refractivity contribution in [2.45, 2.75) is 57.9 Å². The number of sulfonamides is 1. The molecular formula is C23H33N5O2S. The van der Waals surface area contributed by atoms with Gasteiger partial charge >= 0.3 is 0 Å². The van der Waals surface area contributed by atoms with Crippen molar-refractivity contribution in [2.24, 2.45) is 0 Å². The van der Waals surface area contributed by atoms with Crippen LogP contribution >= 0.6 is 0 Å². The molecule has 0 spiro atoms. The van der Waals surface area contributed by atoms with Gasteiger partial charge in [0.2, 0.25) is 10.0 Å². The average Bonchev–Trinajstić information content (AvgIpc) is 2.73. The summed E-state index contributed by atoms with van der Waals surface area (Å²) >= 11 is 0. The van der Waals surface area contributed by atoms with Crippen molar-refractivity contribution in [1.29, 1.82) is 0 Å². The molecule has 2 aliphatic rings. The monoisotopic (exact) mass is 443 g/mol. The van der Waals surface area contributed by atoms with Crippen LogP contribution in [0.1, 0.15) is 42.9 Å². The zero-order valence-corrected chi connectivity index (χ0v) is 19.8. The maximum absolute atomic E-state index is 13.3. The van der Waals surface area contributed by atoms with Crippen molar-refractivity contribution >= 4 is 21.7 Å². The number of aryl methyl sites for hydroxylation is 3. The fraction of sp³-hybridized carbons (Fsp3) is 0.565. The molecule has 8 heteroatoms. The van der Waals surface area contributed by atoms with Gasteiger partial charge in [-0.2, -0.15) is 4.31 Å². The number of benzene rings is 1. The van der Waals surface area contributed by atoms with Crippen molar-refractivity contribution in [2.75, 3.05) is 42.5 Å². The first kappa shape index (κ1) is 22.0. The standard InChI is InChI=1S/C23H33N5O2S/c1-17-15-18(2)23(19(3)16-17)31(29,30)27-13-11-26(12-14-27)21-8-9-22(25-24-21)28-10-6-5-7-20(28)4/h8-9,15-16,20H,5-7,10-14H2,1-4H3. The Kier molecular flexibility index (Phi) is 6.21. The Bertz CT molecular complexity index is 1010. The molecule has 1 unspecified atom stereocenters. The lowest BCUT2D eigenvalue weighted by atomic mass is 10.0. The van der Waals surface area contributed by atoms with Gasteiger partial charge in [-0.15, -0.1) is 10.2 Å². The van der Waals surface area contributed by atoms with Gasteiger partial charge in [0.25, 0.3) is 0 Å². The molecule has 2 aliphatic heterocycles. The summed E-state index contributed by atoms with van der Waals surface area (Å²) in [6.45, 7) is 11.1. The molecule has 7 nitrogen and oxygen atoms in total. The third-order valence-electron chi connectivity index (χ3n) is 6.50. The minimum absolute atomic E-state index is 0.446. The van der Waals surface area contributed by atoms with Gasteiger partial charge in [0, 0.05) is 38.8 Å². The Morgan fingerprint density at radius 3 is 2.06 bits per heavy atom. The summed E-state index contributed by atoms with van der Waals surface area (Å²) < 4.78 is 28.2. The van der Waals surface area contributed by atoms with Crippen molar-refractivity contribution in [3.05, 3.63) is 41.0 Å². The summed E-state index contributed by atoms with van der Waals surface area (Å²) in [6.07, 6.45) is 3.67. The van der Waals surface area contributed by atoms with E-state index in [-0.39, 0.29) is 0 Å². The molecule has 0 aliphatic carbocycles. The van der Waals surface area contributed by atoms with Gasteiger partial charge in [-0.25, -0.2) is 8.42 Å². The lowest BCUT2D eigenvalue weighted by Gasteiger charge is -2.36. The van der Waals surface area contributed by atoms with Gasteiger partial charge in [-0.3, -0.25) is 0 Å². The molecule has 1 aromatic carbocycles. The molecule has 3 heterocycles. The molecule has 0 N–H and O–H groups in total. The van der Waals surface area contributed by atoms with Crippen molar-refractivity contribution < 1.29 is 8.42 Å². The maximum atomic E-state index is 13.3. The predicted molar refractivity (Wildman–Crippen MR) is 124 cm³/mol. The van der Waals surface area contributed by atoms with Crippen LogP contribution < -0.4 is 9.80 Å². The van der Waals surface area contributed by atoms with Crippen molar-refractivity contribution in [3.8, 4) is 0 Å². The number of nitrogens with zero attached hydrogens (tertiary/aromatic N) is 5. The van der Waals surface area contributed by atoms with Gasteiger partial charge in [0.05, 0.1) is 4.90 Å². The first-order valence-corrected chi connectivity index (χ1v) is 12.6. The van der Waals surface area contributed by atoms with Crippen LogP contribution in [0.5, 0.6) is 0 Å². The van der Waals surface area contributed by atoms with E-state index >= 15 is 0 Å². The molecule has 168 valence electrons. The van der Waals surface area contributed by atoms with Crippen LogP contribution in [0.4, 0.5) is 11.6 Å². The largest absolute Gasteiger partial charge is 0.352 e. The summed E-state index contributed by atoms with van der Waals surface area (Å²) in [5.74, 6) is 1.75. The lowest BCUT2D eigenvalue weighted by molar-refractivity contribution is 0.383. The van der Waals surface area contributed by atoms with Crippen LogP contribution in [0.3, 0.4) is 0 Å². The highest BCUT2D eigenvalue weighted by molar-refractivity contribution is 7.89. The number of rotatable bonds is 4. The summed E-state index contributed by atoms with van der Waals surface area (Å²) in [6, 6.07) is 8.44. The van der Waals surface area contributed by atoms with Crippen LogP contribution in [0.15, 0.2) is 29.2 Å². The highest BCUT2D eigenvalue weighted by Crippen LogP contribution is 2.27. The summed E-state index contributed by atoms with van der Waals surface area (Å²) in [7, 11) is -3.51. The van der Waals surface area contributed by atoms with E-state index in [1.165, 1.54) is 19.3 Å². The number of aromatic nitrogens is 2. The van der Waals surface area contributed by atoms with Gasteiger partial charge in [-0.05, 0) is 70.2 Å². The highest BCUT2D eigenvalue weighted by atomic mass is 32.2. The van der Waals surface area contributed by atoms with Crippen LogP contribution in [-0.2, 0) is 10.0 Å². The Morgan fingerprint density at radius 1 is 0.871 bits per heavy atom. The molecule has 1 aromatic heterocycles. The molecule has 0 radical (unpaired) electrons. The van der Waals surface area contributed by atoms with Crippen molar-refractivity contribution in [3.63, 3.8) is 0 Å². The zero-order valence-electron chi connectivity index (χ0n) is 19.0. The quantitative estimate of drug-likeness (QED) is 0.722. The first-order valence-electron chi connectivity index (χ1n) is 11.2. The van der Waals surface area contributed by atoms with E-state index in [4.69, 9.17) is 0 Å². The maximum Gasteiger partial charge on any atom is 0.243 e. The topological polar surface area (TPSA) is 69.6 Å². The predicted octanol–water partition coefficient (Wildman–Crippen LogP) is 3.29. The number of hydrogen-bond donors (Lipinski definition) is 0. The second-order valence-corrected chi connectivity index (χ2v) is 10.8. The smallest absolute Gasteiger partial charge is 0.243 e. The molecule has 31 heavy (non-hydrogen) atoms. The van der Waals surface area contributed by atoms with E-state index in [9.17, 15) is 8.42 Å². The summed E-state index contributed by atoms with van der Waals surface area (Å²) in [5.41, 5.74) is 2.71.